The van der Waals surface area contributed by atoms with Gasteiger partial charge in [-0.1, -0.05) is 38.1 Å². The lowest BCUT2D eigenvalue weighted by atomic mass is 9.89. The maximum Gasteiger partial charge on any atom is 0.222 e. The Labute approximate surface area is 179 Å². The highest BCUT2D eigenvalue weighted by Crippen LogP contribution is 2.34. The van der Waals surface area contributed by atoms with E-state index in [1.807, 2.05) is 6.07 Å². The van der Waals surface area contributed by atoms with Gasteiger partial charge in [-0.3, -0.25) is 4.79 Å². The maximum atomic E-state index is 12.7. The Hall–Kier alpha value is -2.75. The van der Waals surface area contributed by atoms with Gasteiger partial charge >= 0.3 is 0 Å². The lowest BCUT2D eigenvalue weighted by Crippen LogP contribution is -2.38. The van der Waals surface area contributed by atoms with Gasteiger partial charge in [-0.15, -0.1) is 0 Å². The van der Waals surface area contributed by atoms with E-state index in [1.54, 1.807) is 7.11 Å². The number of piperidine rings is 1. The van der Waals surface area contributed by atoms with Crippen LogP contribution in [0.1, 0.15) is 61.6 Å². The molecule has 3 aromatic rings. The number of carbonyl (C=O) groups excluding carboxylic acids is 1. The van der Waals surface area contributed by atoms with Crippen molar-refractivity contribution < 1.29 is 9.53 Å². The Morgan fingerprint density at radius 1 is 1.13 bits per heavy atom. The van der Waals surface area contributed by atoms with Gasteiger partial charge in [0.1, 0.15) is 5.75 Å². The number of H-pyrrole nitrogens is 1. The number of hydrogen-bond donors (Lipinski definition) is 1. The smallest absolute Gasteiger partial charge is 0.222 e. The molecule has 1 aliphatic rings. The van der Waals surface area contributed by atoms with Crippen LogP contribution < -0.4 is 4.74 Å². The monoisotopic (exact) mass is 404 g/mol. The zero-order chi connectivity index (χ0) is 21.1. The molecule has 0 saturated carbocycles. The van der Waals surface area contributed by atoms with Crippen LogP contribution >= 0.6 is 0 Å². The summed E-state index contributed by atoms with van der Waals surface area (Å²) in [6, 6.07) is 14.9. The van der Waals surface area contributed by atoms with E-state index in [4.69, 9.17) is 4.74 Å². The molecule has 1 aliphatic heterocycles. The topological polar surface area (TPSA) is 45.3 Å². The first-order valence-corrected chi connectivity index (χ1v) is 11.1. The molecular formula is C26H32N2O2. The van der Waals surface area contributed by atoms with E-state index < -0.39 is 0 Å². The van der Waals surface area contributed by atoms with E-state index >= 15 is 0 Å². The molecule has 4 rings (SSSR count). The van der Waals surface area contributed by atoms with Crippen molar-refractivity contribution in [2.45, 2.75) is 51.4 Å². The third kappa shape index (κ3) is 4.38. The highest BCUT2D eigenvalue weighted by Gasteiger charge is 2.25. The number of aromatic amines is 1. The van der Waals surface area contributed by atoms with Crippen LogP contribution in [0.25, 0.3) is 10.9 Å². The van der Waals surface area contributed by atoms with Gasteiger partial charge in [0.05, 0.1) is 7.11 Å². The molecule has 0 radical (unpaired) electrons. The first kappa shape index (κ1) is 20.5. The molecule has 1 N–H and O–H groups in total. The second-order valence-corrected chi connectivity index (χ2v) is 8.71. The summed E-state index contributed by atoms with van der Waals surface area (Å²) in [6.45, 7) is 6.09. The first-order valence-electron chi connectivity index (χ1n) is 11.1. The van der Waals surface area contributed by atoms with Crippen molar-refractivity contribution in [2.24, 2.45) is 0 Å². The average molecular weight is 405 g/mol. The normalized spacial score (nSPS) is 15.1. The van der Waals surface area contributed by atoms with Crippen LogP contribution in [-0.4, -0.2) is 36.0 Å². The second kappa shape index (κ2) is 8.95. The number of likely N-dealkylation sites (tertiary alicyclic amines) is 1. The number of benzene rings is 2. The van der Waals surface area contributed by atoms with E-state index in [1.165, 1.54) is 22.1 Å². The molecule has 0 spiro atoms. The summed E-state index contributed by atoms with van der Waals surface area (Å²) in [5.74, 6) is 2.19. The molecule has 4 nitrogen and oxygen atoms in total. The second-order valence-electron chi connectivity index (χ2n) is 8.71. The minimum absolute atomic E-state index is 0.280. The van der Waals surface area contributed by atoms with Gasteiger partial charge in [0.15, 0.2) is 0 Å². The highest BCUT2D eigenvalue weighted by atomic mass is 16.5. The molecule has 0 unspecified atom stereocenters. The standard InChI is InChI=1S/C26H32N2O2/c1-18(2)20-7-4-19(5-8-20)6-11-26(29)28-14-12-21(13-15-28)24-17-27-25-10-9-22(30-3)16-23(24)25/h4-5,7-10,16-18,21,27H,6,11-15H2,1-3H3. The predicted molar refractivity (Wildman–Crippen MR) is 122 cm³/mol. The van der Waals surface area contributed by atoms with Crippen molar-refractivity contribution in [3.05, 3.63) is 65.4 Å². The van der Waals surface area contributed by atoms with Crippen molar-refractivity contribution in [2.75, 3.05) is 20.2 Å². The number of methoxy groups -OCH3 is 1. The first-order chi connectivity index (χ1) is 14.5. The van der Waals surface area contributed by atoms with E-state index in [-0.39, 0.29) is 5.91 Å². The van der Waals surface area contributed by atoms with E-state index in [2.05, 4.69) is 66.3 Å². The van der Waals surface area contributed by atoms with Gasteiger partial charge in [0.25, 0.3) is 0 Å². The van der Waals surface area contributed by atoms with Crippen molar-refractivity contribution in [1.82, 2.24) is 9.88 Å². The van der Waals surface area contributed by atoms with Crippen LogP contribution in [0.5, 0.6) is 5.75 Å². The third-order valence-electron chi connectivity index (χ3n) is 6.48. The minimum Gasteiger partial charge on any atom is -0.497 e. The molecule has 2 aromatic carbocycles. The lowest BCUT2D eigenvalue weighted by Gasteiger charge is -2.32. The molecule has 158 valence electrons. The Morgan fingerprint density at radius 2 is 1.87 bits per heavy atom. The Morgan fingerprint density at radius 3 is 2.53 bits per heavy atom. The molecular weight excluding hydrogens is 372 g/mol. The minimum atomic E-state index is 0.280. The van der Waals surface area contributed by atoms with Gasteiger partial charge in [-0.25, -0.2) is 0 Å². The third-order valence-corrected chi connectivity index (χ3v) is 6.48. The molecule has 2 heterocycles. The number of aryl methyl sites for hydroxylation is 1. The molecule has 1 fully saturated rings. The summed E-state index contributed by atoms with van der Waals surface area (Å²) >= 11 is 0. The average Bonchev–Trinajstić information content (AvgIpc) is 3.21. The van der Waals surface area contributed by atoms with Crippen LogP contribution in [0.4, 0.5) is 0 Å². The quantitative estimate of drug-likeness (QED) is 0.578. The maximum absolute atomic E-state index is 12.7. The van der Waals surface area contributed by atoms with Gasteiger partial charge in [0, 0.05) is 36.6 Å². The summed E-state index contributed by atoms with van der Waals surface area (Å²) in [5, 5.41) is 1.24. The zero-order valence-electron chi connectivity index (χ0n) is 18.3. The Kier molecular flexibility index (Phi) is 6.12. The summed E-state index contributed by atoms with van der Waals surface area (Å²) in [6.07, 6.45) is 5.57. The van der Waals surface area contributed by atoms with Crippen LogP contribution in [0.15, 0.2) is 48.7 Å². The zero-order valence-corrected chi connectivity index (χ0v) is 18.3. The number of hydrogen-bond acceptors (Lipinski definition) is 2. The fourth-order valence-electron chi connectivity index (χ4n) is 4.50. The number of rotatable bonds is 6. The van der Waals surface area contributed by atoms with Crippen LogP contribution in [0, 0.1) is 0 Å². The van der Waals surface area contributed by atoms with Crippen molar-refractivity contribution in [1.29, 1.82) is 0 Å². The molecule has 1 aromatic heterocycles. The fourth-order valence-corrected chi connectivity index (χ4v) is 4.50. The number of carbonyl (C=O) groups is 1. The fraction of sp³-hybridized carbons (Fsp3) is 0.423. The molecule has 0 atom stereocenters. The molecule has 1 amide bonds. The summed E-state index contributed by atoms with van der Waals surface area (Å²) in [7, 11) is 1.70. The molecule has 4 heteroatoms. The van der Waals surface area contributed by atoms with Gasteiger partial charge in [-0.05, 0) is 66.0 Å². The van der Waals surface area contributed by atoms with Gasteiger partial charge in [0.2, 0.25) is 5.91 Å². The summed E-state index contributed by atoms with van der Waals surface area (Å²) in [5.41, 5.74) is 5.09. The molecule has 0 bridgehead atoms. The highest BCUT2D eigenvalue weighted by molar-refractivity contribution is 5.85. The number of fused-ring (bicyclic) bond motifs is 1. The number of nitrogens with zero attached hydrogens (tertiary/aromatic N) is 1. The van der Waals surface area contributed by atoms with E-state index in [9.17, 15) is 4.79 Å². The van der Waals surface area contributed by atoms with Crippen LogP contribution in [0.3, 0.4) is 0 Å². The predicted octanol–water partition coefficient (Wildman–Crippen LogP) is 5.64. The molecule has 1 saturated heterocycles. The molecule has 0 aliphatic carbocycles. The molecule has 30 heavy (non-hydrogen) atoms. The Balaban J connectivity index is 1.32. The number of amides is 1. The SMILES string of the molecule is COc1ccc2[nH]cc(C3CCN(C(=O)CCc4ccc(C(C)C)cc4)CC3)c2c1. The van der Waals surface area contributed by atoms with Crippen molar-refractivity contribution >= 4 is 16.8 Å². The van der Waals surface area contributed by atoms with E-state index in [0.717, 1.165) is 43.6 Å². The number of ether oxygens (including phenoxy) is 1. The van der Waals surface area contributed by atoms with Crippen molar-refractivity contribution in [3.63, 3.8) is 0 Å². The number of aromatic nitrogens is 1. The van der Waals surface area contributed by atoms with E-state index in [0.29, 0.717) is 18.3 Å². The van der Waals surface area contributed by atoms with Crippen LogP contribution in [-0.2, 0) is 11.2 Å². The van der Waals surface area contributed by atoms with Gasteiger partial charge < -0.3 is 14.6 Å². The van der Waals surface area contributed by atoms with Crippen molar-refractivity contribution in [3.8, 4) is 5.75 Å². The van der Waals surface area contributed by atoms with Crippen LogP contribution in [0.2, 0.25) is 0 Å². The lowest BCUT2D eigenvalue weighted by molar-refractivity contribution is -0.132. The van der Waals surface area contributed by atoms with Gasteiger partial charge in [-0.2, -0.15) is 0 Å². The largest absolute Gasteiger partial charge is 0.497 e. The summed E-state index contributed by atoms with van der Waals surface area (Å²) < 4.78 is 5.40. The Bertz CT molecular complexity index is 996. The summed E-state index contributed by atoms with van der Waals surface area (Å²) in [4.78, 5) is 18.2. The number of nitrogens with one attached hydrogen (secondary N) is 1.